The molecule has 2 rings (SSSR count). The standard InChI is InChI=1S/C11H10F5NO3S/c12-6-7(13)9(15)11(10(16)8(6)14)21(19,20)17-3-1-2-5(18)4-17/h5,18H,1-4H2. The number of piperidine rings is 1. The maximum absolute atomic E-state index is 13.6. The highest BCUT2D eigenvalue weighted by molar-refractivity contribution is 7.89. The van der Waals surface area contributed by atoms with Gasteiger partial charge in [0.15, 0.2) is 28.2 Å². The van der Waals surface area contributed by atoms with E-state index in [-0.39, 0.29) is 19.4 Å². The first-order chi connectivity index (χ1) is 9.67. The average Bonchev–Trinajstić information content (AvgIpc) is 2.43. The van der Waals surface area contributed by atoms with Gasteiger partial charge in [0.1, 0.15) is 0 Å². The number of hydrogen-bond donors (Lipinski definition) is 1. The Morgan fingerprint density at radius 3 is 1.90 bits per heavy atom. The summed E-state index contributed by atoms with van der Waals surface area (Å²) in [5.74, 6) is -11.9. The van der Waals surface area contributed by atoms with Crippen LogP contribution >= 0.6 is 0 Å². The number of rotatable bonds is 2. The summed E-state index contributed by atoms with van der Waals surface area (Å²) >= 11 is 0. The molecule has 0 amide bonds. The molecule has 1 N–H and O–H groups in total. The Balaban J connectivity index is 2.60. The first kappa shape index (κ1) is 16.1. The van der Waals surface area contributed by atoms with E-state index in [1.807, 2.05) is 0 Å². The number of halogens is 5. The van der Waals surface area contributed by atoms with Gasteiger partial charge in [0.05, 0.1) is 6.10 Å². The van der Waals surface area contributed by atoms with Crippen molar-refractivity contribution >= 4 is 10.0 Å². The molecule has 118 valence electrons. The molecule has 21 heavy (non-hydrogen) atoms. The van der Waals surface area contributed by atoms with Crippen molar-refractivity contribution in [2.75, 3.05) is 13.1 Å². The molecule has 1 aliphatic rings. The highest BCUT2D eigenvalue weighted by atomic mass is 32.2. The Hall–Kier alpha value is -1.26. The van der Waals surface area contributed by atoms with Crippen LogP contribution in [0.2, 0.25) is 0 Å². The van der Waals surface area contributed by atoms with Crippen LogP contribution in [0.3, 0.4) is 0 Å². The minimum absolute atomic E-state index is 0.182. The van der Waals surface area contributed by atoms with Crippen LogP contribution in [0.5, 0.6) is 0 Å². The second-order valence-electron chi connectivity index (χ2n) is 4.56. The quantitative estimate of drug-likeness (QED) is 0.508. The predicted octanol–water partition coefficient (Wildman–Crippen LogP) is 1.53. The molecule has 1 heterocycles. The van der Waals surface area contributed by atoms with E-state index < -0.39 is 56.7 Å². The molecular formula is C11H10F5NO3S. The molecule has 1 saturated heterocycles. The molecule has 0 spiro atoms. The van der Waals surface area contributed by atoms with Crippen LogP contribution in [0.15, 0.2) is 4.90 Å². The summed E-state index contributed by atoms with van der Waals surface area (Å²) in [6.07, 6.45) is -0.575. The normalized spacial score (nSPS) is 20.8. The molecule has 0 saturated carbocycles. The van der Waals surface area contributed by atoms with E-state index in [1.165, 1.54) is 0 Å². The number of aliphatic hydroxyl groups is 1. The van der Waals surface area contributed by atoms with Crippen molar-refractivity contribution in [3.8, 4) is 0 Å². The Kier molecular flexibility index (Phi) is 4.22. The van der Waals surface area contributed by atoms with Crippen LogP contribution in [0.4, 0.5) is 22.0 Å². The number of β-amino-alcohol motifs (C(OH)–C–C–N with tert-alkyl or cyclic N) is 1. The van der Waals surface area contributed by atoms with Crippen LogP contribution in [0.1, 0.15) is 12.8 Å². The maximum Gasteiger partial charge on any atom is 0.249 e. The number of benzene rings is 1. The number of nitrogens with zero attached hydrogens (tertiary/aromatic N) is 1. The lowest BCUT2D eigenvalue weighted by Crippen LogP contribution is -2.42. The van der Waals surface area contributed by atoms with Crippen LogP contribution in [-0.2, 0) is 10.0 Å². The highest BCUT2D eigenvalue weighted by Gasteiger charge is 2.38. The second-order valence-corrected chi connectivity index (χ2v) is 6.43. The molecule has 1 aliphatic heterocycles. The van der Waals surface area contributed by atoms with E-state index >= 15 is 0 Å². The van der Waals surface area contributed by atoms with Gasteiger partial charge in [0.2, 0.25) is 15.8 Å². The molecule has 1 unspecified atom stereocenters. The van der Waals surface area contributed by atoms with Crippen molar-refractivity contribution in [1.82, 2.24) is 4.31 Å². The predicted molar refractivity (Wildman–Crippen MR) is 60.2 cm³/mol. The van der Waals surface area contributed by atoms with E-state index in [0.717, 1.165) is 0 Å². The molecule has 10 heteroatoms. The first-order valence-electron chi connectivity index (χ1n) is 5.87. The van der Waals surface area contributed by atoms with Crippen LogP contribution in [0.25, 0.3) is 0 Å². The van der Waals surface area contributed by atoms with Gasteiger partial charge in [-0.3, -0.25) is 0 Å². The average molecular weight is 331 g/mol. The topological polar surface area (TPSA) is 57.6 Å². The monoisotopic (exact) mass is 331 g/mol. The van der Waals surface area contributed by atoms with Crippen molar-refractivity contribution in [3.05, 3.63) is 29.1 Å². The van der Waals surface area contributed by atoms with Gasteiger partial charge >= 0.3 is 0 Å². The third-order valence-corrected chi connectivity index (χ3v) is 5.01. The fourth-order valence-electron chi connectivity index (χ4n) is 2.08. The zero-order chi connectivity index (χ0) is 15.9. The fourth-order valence-corrected chi connectivity index (χ4v) is 3.71. The summed E-state index contributed by atoms with van der Waals surface area (Å²) < 4.78 is 90.8. The van der Waals surface area contributed by atoms with Crippen molar-refractivity contribution in [1.29, 1.82) is 0 Å². The highest BCUT2D eigenvalue weighted by Crippen LogP contribution is 2.30. The van der Waals surface area contributed by atoms with Gasteiger partial charge in [0.25, 0.3) is 0 Å². The Labute approximate surface area is 116 Å². The molecule has 1 atom stereocenters. The van der Waals surface area contributed by atoms with Gasteiger partial charge in [0, 0.05) is 13.1 Å². The lowest BCUT2D eigenvalue weighted by molar-refractivity contribution is 0.107. The third-order valence-electron chi connectivity index (χ3n) is 3.13. The van der Waals surface area contributed by atoms with Gasteiger partial charge in [-0.05, 0) is 12.8 Å². The Morgan fingerprint density at radius 2 is 1.43 bits per heavy atom. The minimum atomic E-state index is -4.94. The summed E-state index contributed by atoms with van der Waals surface area (Å²) in [5, 5.41) is 9.38. The van der Waals surface area contributed by atoms with Crippen molar-refractivity contribution < 1.29 is 35.5 Å². The zero-order valence-electron chi connectivity index (χ0n) is 10.4. The lowest BCUT2D eigenvalue weighted by atomic mass is 10.1. The number of hydrogen-bond acceptors (Lipinski definition) is 3. The smallest absolute Gasteiger partial charge is 0.249 e. The Morgan fingerprint density at radius 1 is 0.952 bits per heavy atom. The van der Waals surface area contributed by atoms with Crippen LogP contribution in [-0.4, -0.2) is 37.0 Å². The maximum atomic E-state index is 13.6. The second kappa shape index (κ2) is 5.50. The third kappa shape index (κ3) is 2.62. The lowest BCUT2D eigenvalue weighted by Gasteiger charge is -2.29. The van der Waals surface area contributed by atoms with E-state index in [2.05, 4.69) is 0 Å². The number of aliphatic hydroxyl groups excluding tert-OH is 1. The first-order valence-corrected chi connectivity index (χ1v) is 7.31. The molecular weight excluding hydrogens is 321 g/mol. The van der Waals surface area contributed by atoms with E-state index in [0.29, 0.717) is 4.31 Å². The SMILES string of the molecule is O=S(=O)(c1c(F)c(F)c(F)c(F)c1F)N1CCCC(O)C1. The molecule has 0 radical (unpaired) electrons. The molecule has 0 aromatic heterocycles. The van der Waals surface area contributed by atoms with E-state index in [4.69, 9.17) is 0 Å². The molecule has 1 aromatic rings. The minimum Gasteiger partial charge on any atom is -0.392 e. The van der Waals surface area contributed by atoms with Gasteiger partial charge in [-0.25, -0.2) is 30.4 Å². The van der Waals surface area contributed by atoms with Crippen LogP contribution < -0.4 is 0 Å². The molecule has 0 aliphatic carbocycles. The van der Waals surface area contributed by atoms with E-state index in [9.17, 15) is 35.5 Å². The summed E-state index contributed by atoms with van der Waals surface area (Å²) in [6, 6.07) is 0. The summed E-state index contributed by atoms with van der Waals surface area (Å²) in [6.45, 7) is -0.652. The van der Waals surface area contributed by atoms with Gasteiger partial charge in [-0.1, -0.05) is 0 Å². The Bertz CT molecular complexity index is 650. The fraction of sp³-hybridized carbons (Fsp3) is 0.455. The van der Waals surface area contributed by atoms with E-state index in [1.54, 1.807) is 0 Å². The largest absolute Gasteiger partial charge is 0.392 e. The summed E-state index contributed by atoms with van der Waals surface area (Å²) in [5.41, 5.74) is 0. The van der Waals surface area contributed by atoms with Crippen molar-refractivity contribution in [2.24, 2.45) is 0 Å². The van der Waals surface area contributed by atoms with Gasteiger partial charge in [-0.2, -0.15) is 4.31 Å². The zero-order valence-corrected chi connectivity index (χ0v) is 11.2. The van der Waals surface area contributed by atoms with Crippen molar-refractivity contribution in [3.63, 3.8) is 0 Å². The summed E-state index contributed by atoms with van der Waals surface area (Å²) in [4.78, 5) is -1.90. The van der Waals surface area contributed by atoms with Crippen molar-refractivity contribution in [2.45, 2.75) is 23.8 Å². The van der Waals surface area contributed by atoms with Gasteiger partial charge < -0.3 is 5.11 Å². The molecule has 4 nitrogen and oxygen atoms in total. The molecule has 1 fully saturated rings. The van der Waals surface area contributed by atoms with Crippen LogP contribution in [0, 0.1) is 29.1 Å². The summed E-state index contributed by atoms with van der Waals surface area (Å²) in [7, 11) is -4.94. The number of sulfonamides is 1. The van der Waals surface area contributed by atoms with Gasteiger partial charge in [-0.15, -0.1) is 0 Å². The molecule has 0 bridgehead atoms. The molecule has 1 aromatic carbocycles.